The van der Waals surface area contributed by atoms with Crippen molar-refractivity contribution in [2.24, 2.45) is 5.73 Å². The number of hydrogen-bond acceptors (Lipinski definition) is 3. The van der Waals surface area contributed by atoms with Crippen molar-refractivity contribution in [1.82, 2.24) is 14.9 Å². The van der Waals surface area contributed by atoms with Crippen LogP contribution in [0.3, 0.4) is 0 Å². The Morgan fingerprint density at radius 1 is 1.29 bits per heavy atom. The molecule has 0 saturated carbocycles. The number of likely N-dealkylation sites (tertiary alicyclic amines) is 1. The number of aryl methyl sites for hydroxylation is 1. The molecule has 0 radical (unpaired) electrons. The van der Waals surface area contributed by atoms with Crippen LogP contribution in [-0.4, -0.2) is 39.9 Å². The molecule has 1 aliphatic heterocycles. The Morgan fingerprint density at radius 3 is 2.96 bits per heavy atom. The maximum atomic E-state index is 12.8. The van der Waals surface area contributed by atoms with Gasteiger partial charge in [0.05, 0.1) is 11.0 Å². The fourth-order valence-electron chi connectivity index (χ4n) is 4.16. The standard InChI is InChI=1S/C23H28N4O/c1-16-6-4-7-17(12-16)13-19(24)14-22(28)27-11-5-8-18(15-27)23-25-20-9-2-3-10-21(20)26-23/h2-4,6-7,9-10,12,18-19H,5,8,11,13-15,24H2,1H3,(H,25,26). The number of para-hydroxylation sites is 2. The van der Waals surface area contributed by atoms with Gasteiger partial charge in [-0.2, -0.15) is 0 Å². The number of nitrogens with zero attached hydrogens (tertiary/aromatic N) is 2. The summed E-state index contributed by atoms with van der Waals surface area (Å²) in [6.45, 7) is 3.61. The molecule has 5 nitrogen and oxygen atoms in total. The Bertz CT molecular complexity index is 931. The van der Waals surface area contributed by atoms with E-state index < -0.39 is 0 Å². The van der Waals surface area contributed by atoms with Crippen molar-refractivity contribution in [3.05, 3.63) is 65.5 Å². The normalized spacial score (nSPS) is 18.4. The number of hydrogen-bond donors (Lipinski definition) is 2. The highest BCUT2D eigenvalue weighted by Crippen LogP contribution is 2.27. The van der Waals surface area contributed by atoms with E-state index in [1.54, 1.807) is 0 Å². The van der Waals surface area contributed by atoms with Crippen molar-refractivity contribution in [3.63, 3.8) is 0 Å². The van der Waals surface area contributed by atoms with Crippen LogP contribution in [-0.2, 0) is 11.2 Å². The van der Waals surface area contributed by atoms with Gasteiger partial charge in [-0.3, -0.25) is 4.79 Å². The predicted octanol–water partition coefficient (Wildman–Crippen LogP) is 3.54. The van der Waals surface area contributed by atoms with Crippen LogP contribution in [0.5, 0.6) is 0 Å². The molecule has 1 saturated heterocycles. The predicted molar refractivity (Wildman–Crippen MR) is 112 cm³/mol. The molecule has 3 N–H and O–H groups in total. The van der Waals surface area contributed by atoms with Crippen LogP contribution in [0.4, 0.5) is 0 Å². The van der Waals surface area contributed by atoms with Crippen molar-refractivity contribution < 1.29 is 4.79 Å². The van der Waals surface area contributed by atoms with Gasteiger partial charge >= 0.3 is 0 Å². The lowest BCUT2D eigenvalue weighted by molar-refractivity contribution is -0.132. The van der Waals surface area contributed by atoms with Gasteiger partial charge in [0.15, 0.2) is 0 Å². The minimum atomic E-state index is -0.152. The lowest BCUT2D eigenvalue weighted by Gasteiger charge is -2.32. The van der Waals surface area contributed by atoms with Crippen LogP contribution in [0.1, 0.15) is 42.1 Å². The van der Waals surface area contributed by atoms with Gasteiger partial charge in [-0.25, -0.2) is 4.98 Å². The fraction of sp³-hybridized carbons (Fsp3) is 0.391. The average molecular weight is 377 g/mol. The largest absolute Gasteiger partial charge is 0.342 e. The molecule has 1 aromatic heterocycles. The van der Waals surface area contributed by atoms with Crippen molar-refractivity contribution in [1.29, 1.82) is 0 Å². The molecule has 5 heteroatoms. The van der Waals surface area contributed by atoms with Gasteiger partial charge in [0.2, 0.25) is 5.91 Å². The number of imidazole rings is 1. The lowest BCUT2D eigenvalue weighted by Crippen LogP contribution is -2.42. The number of benzene rings is 2. The minimum absolute atomic E-state index is 0.152. The van der Waals surface area contributed by atoms with E-state index in [4.69, 9.17) is 10.7 Å². The van der Waals surface area contributed by atoms with Crippen LogP contribution >= 0.6 is 0 Å². The van der Waals surface area contributed by atoms with E-state index in [0.717, 1.165) is 49.2 Å². The number of rotatable bonds is 5. The fourth-order valence-corrected chi connectivity index (χ4v) is 4.16. The topological polar surface area (TPSA) is 75.0 Å². The molecule has 28 heavy (non-hydrogen) atoms. The van der Waals surface area contributed by atoms with Crippen LogP contribution < -0.4 is 5.73 Å². The van der Waals surface area contributed by atoms with Crippen molar-refractivity contribution in [2.45, 2.75) is 44.6 Å². The zero-order chi connectivity index (χ0) is 19.5. The summed E-state index contributed by atoms with van der Waals surface area (Å²) < 4.78 is 0. The Balaban J connectivity index is 1.37. The van der Waals surface area contributed by atoms with Gasteiger partial charge in [0.25, 0.3) is 0 Å². The van der Waals surface area contributed by atoms with Gasteiger partial charge < -0.3 is 15.6 Å². The third-order valence-electron chi connectivity index (χ3n) is 5.59. The van der Waals surface area contributed by atoms with Crippen LogP contribution in [0.15, 0.2) is 48.5 Å². The third kappa shape index (κ3) is 4.25. The van der Waals surface area contributed by atoms with E-state index in [-0.39, 0.29) is 17.9 Å². The lowest BCUT2D eigenvalue weighted by atomic mass is 9.96. The summed E-state index contributed by atoms with van der Waals surface area (Å²) in [4.78, 5) is 23.0. The highest BCUT2D eigenvalue weighted by Gasteiger charge is 2.27. The Morgan fingerprint density at radius 2 is 2.14 bits per heavy atom. The first-order valence-corrected chi connectivity index (χ1v) is 10.1. The summed E-state index contributed by atoms with van der Waals surface area (Å²) >= 11 is 0. The number of aromatic nitrogens is 2. The van der Waals surface area contributed by atoms with Gasteiger partial charge in [-0.15, -0.1) is 0 Å². The first kappa shape index (κ1) is 18.7. The Kier molecular flexibility index (Phi) is 5.44. The summed E-state index contributed by atoms with van der Waals surface area (Å²) in [5.41, 5.74) is 10.8. The molecule has 4 rings (SSSR count). The summed E-state index contributed by atoms with van der Waals surface area (Å²) in [6, 6.07) is 16.3. The third-order valence-corrected chi connectivity index (χ3v) is 5.59. The highest BCUT2D eigenvalue weighted by atomic mass is 16.2. The first-order chi connectivity index (χ1) is 13.6. The molecule has 146 valence electrons. The second kappa shape index (κ2) is 8.15. The maximum absolute atomic E-state index is 12.8. The Hall–Kier alpha value is -2.66. The number of carbonyl (C=O) groups excluding carboxylic acids is 1. The van der Waals surface area contributed by atoms with Gasteiger partial charge in [-0.1, -0.05) is 42.0 Å². The molecule has 1 aliphatic rings. The van der Waals surface area contributed by atoms with Crippen molar-refractivity contribution >= 4 is 16.9 Å². The molecular formula is C23H28N4O. The molecule has 2 heterocycles. The molecule has 0 aliphatic carbocycles. The van der Waals surface area contributed by atoms with Gasteiger partial charge in [0, 0.05) is 31.5 Å². The SMILES string of the molecule is Cc1cccc(CC(N)CC(=O)N2CCCC(c3nc4ccccc4[nH]3)C2)c1. The van der Waals surface area contributed by atoms with Crippen LogP contribution in [0, 0.1) is 6.92 Å². The summed E-state index contributed by atoms with van der Waals surface area (Å²) in [5.74, 6) is 1.40. The quantitative estimate of drug-likeness (QED) is 0.715. The number of fused-ring (bicyclic) bond motifs is 1. The molecule has 1 fully saturated rings. The summed E-state index contributed by atoms with van der Waals surface area (Å²) in [7, 11) is 0. The Labute approximate surface area is 166 Å². The van der Waals surface area contributed by atoms with Gasteiger partial charge in [0.1, 0.15) is 5.82 Å². The zero-order valence-corrected chi connectivity index (χ0v) is 16.4. The minimum Gasteiger partial charge on any atom is -0.342 e. The summed E-state index contributed by atoms with van der Waals surface area (Å²) in [6.07, 6.45) is 3.18. The molecule has 1 amide bonds. The van der Waals surface area contributed by atoms with Crippen LogP contribution in [0.25, 0.3) is 11.0 Å². The number of nitrogens with one attached hydrogen (secondary N) is 1. The van der Waals surface area contributed by atoms with Gasteiger partial charge in [-0.05, 0) is 43.9 Å². The van der Waals surface area contributed by atoms with E-state index in [1.165, 1.54) is 11.1 Å². The average Bonchev–Trinajstić information content (AvgIpc) is 3.12. The molecular weight excluding hydrogens is 348 g/mol. The number of H-pyrrole nitrogens is 1. The van der Waals surface area contributed by atoms with Crippen LogP contribution in [0.2, 0.25) is 0 Å². The molecule has 2 unspecified atom stereocenters. The molecule has 2 atom stereocenters. The second-order valence-electron chi connectivity index (χ2n) is 7.98. The van der Waals surface area contributed by atoms with E-state index in [1.807, 2.05) is 35.2 Å². The second-order valence-corrected chi connectivity index (χ2v) is 7.98. The first-order valence-electron chi connectivity index (χ1n) is 10.1. The van der Waals surface area contributed by atoms with Crippen molar-refractivity contribution in [3.8, 4) is 0 Å². The molecule has 0 bridgehead atoms. The molecule has 3 aromatic rings. The van der Waals surface area contributed by atoms with Crippen molar-refractivity contribution in [2.75, 3.05) is 13.1 Å². The monoisotopic (exact) mass is 376 g/mol. The summed E-state index contributed by atoms with van der Waals surface area (Å²) in [5, 5.41) is 0. The van der Waals surface area contributed by atoms with E-state index in [2.05, 4.69) is 30.1 Å². The molecule has 2 aromatic carbocycles. The number of carbonyl (C=O) groups is 1. The van der Waals surface area contributed by atoms with E-state index in [9.17, 15) is 4.79 Å². The molecule has 0 spiro atoms. The smallest absolute Gasteiger partial charge is 0.224 e. The highest BCUT2D eigenvalue weighted by molar-refractivity contribution is 5.77. The van der Waals surface area contributed by atoms with E-state index >= 15 is 0 Å². The number of piperidine rings is 1. The number of amides is 1. The maximum Gasteiger partial charge on any atom is 0.224 e. The van der Waals surface area contributed by atoms with E-state index in [0.29, 0.717) is 6.42 Å². The zero-order valence-electron chi connectivity index (χ0n) is 16.4. The number of nitrogens with two attached hydrogens (primary N) is 1. The number of aromatic amines is 1.